The predicted octanol–water partition coefficient (Wildman–Crippen LogP) is 1.87. The van der Waals surface area contributed by atoms with Crippen molar-refractivity contribution in [1.82, 2.24) is 0 Å². The fourth-order valence-corrected chi connectivity index (χ4v) is 1.41. The fraction of sp³-hybridized carbons (Fsp3) is 0.273. The molecule has 3 nitrogen and oxygen atoms in total. The van der Waals surface area contributed by atoms with Crippen LogP contribution in [0, 0.1) is 5.82 Å². The Labute approximate surface area is 88.6 Å². The highest BCUT2D eigenvalue weighted by atomic mass is 19.1. The third-order valence-electron chi connectivity index (χ3n) is 2.24. The molecule has 1 rings (SSSR count). The zero-order chi connectivity index (χ0) is 11.4. The van der Waals surface area contributed by atoms with Gasteiger partial charge in [0.2, 0.25) is 0 Å². The van der Waals surface area contributed by atoms with Gasteiger partial charge in [0.25, 0.3) is 0 Å². The lowest BCUT2D eigenvalue weighted by Gasteiger charge is -2.21. The summed E-state index contributed by atoms with van der Waals surface area (Å²) in [7, 11) is 0. The molecular formula is C11H15FN2O. The number of aliphatic hydroxyl groups excluding tert-OH is 1. The normalized spacial score (nSPS) is 10.1. The van der Waals surface area contributed by atoms with Crippen molar-refractivity contribution in [2.24, 2.45) is 0 Å². The molecule has 0 bridgehead atoms. The monoisotopic (exact) mass is 210 g/mol. The molecule has 0 amide bonds. The van der Waals surface area contributed by atoms with Crippen LogP contribution in [0.15, 0.2) is 24.9 Å². The molecule has 0 unspecified atom stereocenters. The summed E-state index contributed by atoms with van der Waals surface area (Å²) < 4.78 is 13.1. The van der Waals surface area contributed by atoms with Crippen molar-refractivity contribution in [2.45, 2.75) is 13.5 Å². The van der Waals surface area contributed by atoms with E-state index in [1.165, 1.54) is 12.1 Å². The van der Waals surface area contributed by atoms with Crippen LogP contribution in [0.1, 0.15) is 12.5 Å². The Morgan fingerprint density at radius 3 is 2.73 bits per heavy atom. The number of anilines is 2. The van der Waals surface area contributed by atoms with Crippen LogP contribution in [0.5, 0.6) is 0 Å². The Balaban J connectivity index is 3.25. The average molecular weight is 210 g/mol. The van der Waals surface area contributed by atoms with E-state index in [-0.39, 0.29) is 12.3 Å². The molecule has 0 saturated heterocycles. The van der Waals surface area contributed by atoms with Crippen molar-refractivity contribution >= 4 is 11.4 Å². The van der Waals surface area contributed by atoms with E-state index in [2.05, 4.69) is 6.58 Å². The Bertz CT molecular complexity index is 366. The second-order valence-corrected chi connectivity index (χ2v) is 3.13. The van der Waals surface area contributed by atoms with Crippen LogP contribution in [-0.2, 0) is 6.61 Å². The molecule has 0 heterocycles. The van der Waals surface area contributed by atoms with Gasteiger partial charge in [-0.15, -0.1) is 0 Å². The Morgan fingerprint density at radius 1 is 1.60 bits per heavy atom. The topological polar surface area (TPSA) is 49.5 Å². The summed E-state index contributed by atoms with van der Waals surface area (Å²) in [5, 5.41) is 9.11. The summed E-state index contributed by atoms with van der Waals surface area (Å²) in [5.41, 5.74) is 6.74. The number of nitrogens with zero attached hydrogens (tertiary/aromatic N) is 1. The van der Waals surface area contributed by atoms with E-state index in [4.69, 9.17) is 10.8 Å². The lowest BCUT2D eigenvalue weighted by atomic mass is 10.1. The van der Waals surface area contributed by atoms with Gasteiger partial charge in [0.1, 0.15) is 5.82 Å². The maximum Gasteiger partial charge on any atom is 0.146 e. The van der Waals surface area contributed by atoms with Crippen LogP contribution in [-0.4, -0.2) is 11.7 Å². The van der Waals surface area contributed by atoms with Gasteiger partial charge in [-0.2, -0.15) is 0 Å². The van der Waals surface area contributed by atoms with Crippen LogP contribution in [0.2, 0.25) is 0 Å². The maximum atomic E-state index is 13.1. The highest BCUT2D eigenvalue weighted by Gasteiger charge is 2.10. The summed E-state index contributed by atoms with van der Waals surface area (Å²) in [6.45, 7) is 6.04. The quantitative estimate of drug-likeness (QED) is 0.746. The Kier molecular flexibility index (Phi) is 3.68. The Hall–Kier alpha value is -1.55. The first-order chi connectivity index (χ1) is 7.13. The number of halogens is 1. The van der Waals surface area contributed by atoms with Crippen molar-refractivity contribution in [3.05, 3.63) is 36.3 Å². The lowest BCUT2D eigenvalue weighted by Crippen LogP contribution is -2.16. The van der Waals surface area contributed by atoms with Crippen molar-refractivity contribution < 1.29 is 9.50 Å². The first-order valence-electron chi connectivity index (χ1n) is 4.72. The smallest absolute Gasteiger partial charge is 0.146 e. The highest BCUT2D eigenvalue weighted by molar-refractivity contribution is 5.63. The number of hydrogen-bond donors (Lipinski definition) is 2. The van der Waals surface area contributed by atoms with Gasteiger partial charge >= 0.3 is 0 Å². The molecule has 0 saturated carbocycles. The molecule has 82 valence electrons. The van der Waals surface area contributed by atoms with Gasteiger partial charge in [-0.25, -0.2) is 4.39 Å². The first kappa shape index (κ1) is 11.5. The van der Waals surface area contributed by atoms with E-state index < -0.39 is 5.82 Å². The molecular weight excluding hydrogens is 195 g/mol. The minimum Gasteiger partial charge on any atom is -0.396 e. The minimum absolute atomic E-state index is 0.0718. The van der Waals surface area contributed by atoms with E-state index in [0.29, 0.717) is 17.8 Å². The Morgan fingerprint density at radius 2 is 2.27 bits per heavy atom. The van der Waals surface area contributed by atoms with Crippen LogP contribution in [0.4, 0.5) is 15.8 Å². The standard InChI is InChI=1S/C11H15FN2O/c1-3-14(4-2)11-6-10(13)9(12)5-8(11)7-15/h3,5-6,15H,1,4,7,13H2,2H3. The largest absolute Gasteiger partial charge is 0.396 e. The van der Waals surface area contributed by atoms with Crippen molar-refractivity contribution in [1.29, 1.82) is 0 Å². The van der Waals surface area contributed by atoms with E-state index in [1.54, 1.807) is 11.1 Å². The van der Waals surface area contributed by atoms with Gasteiger partial charge in [-0.05, 0) is 25.3 Å². The molecule has 0 aliphatic heterocycles. The molecule has 1 aromatic carbocycles. The molecule has 0 aromatic heterocycles. The van der Waals surface area contributed by atoms with E-state index >= 15 is 0 Å². The van der Waals surface area contributed by atoms with E-state index in [0.717, 1.165) is 0 Å². The number of aliphatic hydroxyl groups is 1. The minimum atomic E-state index is -0.511. The first-order valence-corrected chi connectivity index (χ1v) is 4.72. The molecule has 15 heavy (non-hydrogen) atoms. The summed E-state index contributed by atoms with van der Waals surface area (Å²) in [6, 6.07) is 2.75. The third-order valence-corrected chi connectivity index (χ3v) is 2.24. The molecule has 3 N–H and O–H groups in total. The number of nitrogen functional groups attached to an aromatic ring is 1. The van der Waals surface area contributed by atoms with Crippen molar-refractivity contribution in [3.8, 4) is 0 Å². The molecule has 0 fully saturated rings. The second kappa shape index (κ2) is 4.79. The van der Waals surface area contributed by atoms with Crippen molar-refractivity contribution in [2.75, 3.05) is 17.2 Å². The van der Waals surface area contributed by atoms with E-state index in [1.807, 2.05) is 6.92 Å². The number of benzene rings is 1. The lowest BCUT2D eigenvalue weighted by molar-refractivity contribution is 0.281. The summed E-state index contributed by atoms with van der Waals surface area (Å²) in [6.07, 6.45) is 1.62. The van der Waals surface area contributed by atoms with Crippen LogP contribution in [0.3, 0.4) is 0 Å². The average Bonchev–Trinajstić information content (AvgIpc) is 2.24. The number of rotatable bonds is 4. The van der Waals surface area contributed by atoms with Crippen molar-refractivity contribution in [3.63, 3.8) is 0 Å². The molecule has 0 aliphatic carbocycles. The number of hydrogen-bond acceptors (Lipinski definition) is 3. The SMILES string of the molecule is C=CN(CC)c1cc(N)c(F)cc1CO. The molecule has 0 atom stereocenters. The molecule has 0 aliphatic rings. The predicted molar refractivity (Wildman–Crippen MR) is 60.0 cm³/mol. The van der Waals surface area contributed by atoms with Crippen LogP contribution >= 0.6 is 0 Å². The van der Waals surface area contributed by atoms with Gasteiger partial charge in [0.15, 0.2) is 0 Å². The molecule has 1 aromatic rings. The van der Waals surface area contributed by atoms with Crippen LogP contribution in [0.25, 0.3) is 0 Å². The van der Waals surface area contributed by atoms with Gasteiger partial charge in [0, 0.05) is 17.8 Å². The van der Waals surface area contributed by atoms with Gasteiger partial charge in [0.05, 0.1) is 12.3 Å². The van der Waals surface area contributed by atoms with Gasteiger partial charge in [-0.3, -0.25) is 0 Å². The molecule has 0 radical (unpaired) electrons. The fourth-order valence-electron chi connectivity index (χ4n) is 1.41. The molecule has 4 heteroatoms. The van der Waals surface area contributed by atoms with Gasteiger partial charge < -0.3 is 15.7 Å². The summed E-state index contributed by atoms with van der Waals surface area (Å²) in [4.78, 5) is 1.79. The third kappa shape index (κ3) is 2.27. The number of nitrogens with two attached hydrogens (primary N) is 1. The van der Waals surface area contributed by atoms with Gasteiger partial charge in [-0.1, -0.05) is 6.58 Å². The maximum absolute atomic E-state index is 13.1. The molecule has 0 spiro atoms. The van der Waals surface area contributed by atoms with Crippen LogP contribution < -0.4 is 10.6 Å². The highest BCUT2D eigenvalue weighted by Crippen LogP contribution is 2.26. The zero-order valence-electron chi connectivity index (χ0n) is 8.70. The second-order valence-electron chi connectivity index (χ2n) is 3.13. The summed E-state index contributed by atoms with van der Waals surface area (Å²) >= 11 is 0. The zero-order valence-corrected chi connectivity index (χ0v) is 8.70. The van der Waals surface area contributed by atoms with E-state index in [9.17, 15) is 4.39 Å². The summed E-state index contributed by atoms with van der Waals surface area (Å²) in [5.74, 6) is -0.511.